The third kappa shape index (κ3) is 4.03. The summed E-state index contributed by atoms with van der Waals surface area (Å²) in [7, 11) is 0. The molecule has 1 atom stereocenters. The second kappa shape index (κ2) is 7.49. The quantitative estimate of drug-likeness (QED) is 0.884. The van der Waals surface area contributed by atoms with E-state index in [0.29, 0.717) is 18.6 Å². The van der Waals surface area contributed by atoms with Gasteiger partial charge in [-0.15, -0.1) is 0 Å². The van der Waals surface area contributed by atoms with E-state index < -0.39 is 0 Å². The lowest BCUT2D eigenvalue weighted by Gasteiger charge is -2.34. The van der Waals surface area contributed by atoms with Crippen LogP contribution in [0.3, 0.4) is 0 Å². The summed E-state index contributed by atoms with van der Waals surface area (Å²) in [5.74, 6) is 2.14. The first-order chi connectivity index (χ1) is 10.7. The van der Waals surface area contributed by atoms with Gasteiger partial charge in [-0.25, -0.2) is 0 Å². The zero-order valence-electron chi connectivity index (χ0n) is 13.0. The van der Waals surface area contributed by atoms with Crippen molar-refractivity contribution in [2.24, 2.45) is 5.73 Å². The second-order valence-electron chi connectivity index (χ2n) is 6.26. The van der Waals surface area contributed by atoms with Crippen LogP contribution < -0.4 is 11.1 Å². The van der Waals surface area contributed by atoms with Gasteiger partial charge in [-0.3, -0.25) is 9.69 Å². The fourth-order valence-electron chi connectivity index (χ4n) is 3.48. The van der Waals surface area contributed by atoms with Crippen molar-refractivity contribution in [2.45, 2.75) is 31.3 Å². The number of hydrogen-bond acceptors (Lipinski definition) is 4. The molecule has 1 fully saturated rings. The lowest BCUT2D eigenvalue weighted by Crippen LogP contribution is -2.46. The number of nitrogens with zero attached hydrogens (tertiary/aromatic N) is 1. The van der Waals surface area contributed by atoms with Gasteiger partial charge >= 0.3 is 0 Å². The summed E-state index contributed by atoms with van der Waals surface area (Å²) in [5, 5.41) is 3.86. The molecule has 0 saturated carbocycles. The van der Waals surface area contributed by atoms with Gasteiger partial charge in [0, 0.05) is 30.9 Å². The van der Waals surface area contributed by atoms with Crippen LogP contribution in [0.4, 0.5) is 0 Å². The third-order valence-corrected chi connectivity index (χ3v) is 5.70. The molecule has 1 aromatic rings. The number of hydrogen-bond donors (Lipinski definition) is 2. The lowest BCUT2D eigenvalue weighted by atomic mass is 9.97. The maximum Gasteiger partial charge on any atom is 0.231 e. The lowest BCUT2D eigenvalue weighted by molar-refractivity contribution is -0.119. The molecule has 22 heavy (non-hydrogen) atoms. The molecule has 1 amide bonds. The first kappa shape index (κ1) is 15.8. The minimum Gasteiger partial charge on any atom is -0.369 e. The molecule has 2 aliphatic rings. The number of primary amides is 1. The van der Waals surface area contributed by atoms with E-state index >= 15 is 0 Å². The molecule has 2 aliphatic heterocycles. The van der Waals surface area contributed by atoms with Crippen molar-refractivity contribution >= 4 is 17.7 Å². The van der Waals surface area contributed by atoms with Crippen LogP contribution in [0.2, 0.25) is 0 Å². The number of rotatable bonds is 4. The molecule has 0 unspecified atom stereocenters. The number of carbonyl (C=O) groups is 1. The zero-order chi connectivity index (χ0) is 15.4. The Labute approximate surface area is 136 Å². The molecule has 1 saturated heterocycles. The SMILES string of the molecule is NC(=O)CN1CCC(N[C@H]2CSCCc3ccccc32)CC1. The van der Waals surface area contributed by atoms with Crippen LogP contribution >= 0.6 is 11.8 Å². The highest BCUT2D eigenvalue weighted by Gasteiger charge is 2.25. The van der Waals surface area contributed by atoms with Gasteiger partial charge in [0.05, 0.1) is 6.54 Å². The highest BCUT2D eigenvalue weighted by atomic mass is 32.2. The number of nitrogens with two attached hydrogens (primary N) is 1. The molecule has 0 aliphatic carbocycles. The van der Waals surface area contributed by atoms with E-state index in [1.807, 2.05) is 11.8 Å². The number of thioether (sulfide) groups is 1. The van der Waals surface area contributed by atoms with Gasteiger partial charge in [0.25, 0.3) is 0 Å². The summed E-state index contributed by atoms with van der Waals surface area (Å²) in [6.07, 6.45) is 3.36. The summed E-state index contributed by atoms with van der Waals surface area (Å²) < 4.78 is 0. The smallest absolute Gasteiger partial charge is 0.231 e. The molecule has 120 valence electrons. The van der Waals surface area contributed by atoms with E-state index in [1.54, 1.807) is 0 Å². The maximum atomic E-state index is 11.0. The van der Waals surface area contributed by atoms with E-state index in [9.17, 15) is 4.79 Å². The average Bonchev–Trinajstić information content (AvgIpc) is 2.71. The van der Waals surface area contributed by atoms with Crippen molar-refractivity contribution in [1.29, 1.82) is 0 Å². The summed E-state index contributed by atoms with van der Waals surface area (Å²) in [6, 6.07) is 9.84. The van der Waals surface area contributed by atoms with Crippen molar-refractivity contribution in [2.75, 3.05) is 31.1 Å². The van der Waals surface area contributed by atoms with Crippen molar-refractivity contribution in [3.63, 3.8) is 0 Å². The number of benzene rings is 1. The van der Waals surface area contributed by atoms with Gasteiger partial charge < -0.3 is 11.1 Å². The number of piperidine rings is 1. The molecule has 4 nitrogen and oxygen atoms in total. The molecule has 0 radical (unpaired) electrons. The van der Waals surface area contributed by atoms with Crippen LogP contribution in [-0.2, 0) is 11.2 Å². The maximum absolute atomic E-state index is 11.0. The van der Waals surface area contributed by atoms with Gasteiger partial charge in [0.2, 0.25) is 5.91 Å². The first-order valence-electron chi connectivity index (χ1n) is 8.14. The second-order valence-corrected chi connectivity index (χ2v) is 7.41. The van der Waals surface area contributed by atoms with Crippen molar-refractivity contribution in [1.82, 2.24) is 10.2 Å². The monoisotopic (exact) mass is 319 g/mol. The Kier molecular flexibility index (Phi) is 5.39. The van der Waals surface area contributed by atoms with Gasteiger partial charge in [-0.1, -0.05) is 24.3 Å². The zero-order valence-corrected chi connectivity index (χ0v) is 13.8. The van der Waals surface area contributed by atoms with Crippen molar-refractivity contribution in [3.8, 4) is 0 Å². The summed E-state index contributed by atoms with van der Waals surface area (Å²) in [4.78, 5) is 13.2. The van der Waals surface area contributed by atoms with Gasteiger partial charge in [-0.2, -0.15) is 11.8 Å². The molecule has 0 spiro atoms. The van der Waals surface area contributed by atoms with Crippen LogP contribution in [0.25, 0.3) is 0 Å². The fourth-order valence-corrected chi connectivity index (χ4v) is 4.52. The van der Waals surface area contributed by atoms with E-state index in [2.05, 4.69) is 34.5 Å². The molecule has 5 heteroatoms. The first-order valence-corrected chi connectivity index (χ1v) is 9.30. The van der Waals surface area contributed by atoms with Crippen molar-refractivity contribution in [3.05, 3.63) is 35.4 Å². The molecule has 0 bridgehead atoms. The fraction of sp³-hybridized carbons (Fsp3) is 0.588. The van der Waals surface area contributed by atoms with Gasteiger partial charge in [0.15, 0.2) is 0 Å². The summed E-state index contributed by atoms with van der Waals surface area (Å²) >= 11 is 2.04. The molecule has 1 aromatic carbocycles. The van der Waals surface area contributed by atoms with Crippen LogP contribution in [0, 0.1) is 0 Å². The number of likely N-dealkylation sites (tertiary alicyclic amines) is 1. The number of amides is 1. The minimum atomic E-state index is -0.222. The Balaban J connectivity index is 1.59. The highest BCUT2D eigenvalue weighted by Crippen LogP contribution is 2.28. The molecule has 2 heterocycles. The summed E-state index contributed by atoms with van der Waals surface area (Å²) in [5.41, 5.74) is 8.25. The van der Waals surface area contributed by atoms with Crippen LogP contribution in [0.15, 0.2) is 24.3 Å². The predicted octanol–water partition coefficient (Wildman–Crippen LogP) is 1.56. The third-order valence-electron chi connectivity index (χ3n) is 4.63. The Morgan fingerprint density at radius 2 is 2.09 bits per heavy atom. The molecular formula is C17H25N3OS. The standard InChI is InChI=1S/C17H25N3OS/c18-17(21)11-20-8-5-14(6-9-20)19-16-12-22-10-7-13-3-1-2-4-15(13)16/h1-4,14,16,19H,5-12H2,(H2,18,21)/t16-/m0/s1. The number of nitrogens with one attached hydrogen (secondary N) is 1. The highest BCUT2D eigenvalue weighted by molar-refractivity contribution is 7.99. The Morgan fingerprint density at radius 3 is 2.86 bits per heavy atom. The Bertz CT molecular complexity index is 514. The van der Waals surface area contributed by atoms with E-state index in [-0.39, 0.29) is 5.91 Å². The average molecular weight is 319 g/mol. The molecule has 3 rings (SSSR count). The van der Waals surface area contributed by atoms with Gasteiger partial charge in [0.1, 0.15) is 0 Å². The van der Waals surface area contributed by atoms with Crippen LogP contribution in [0.1, 0.15) is 30.0 Å². The van der Waals surface area contributed by atoms with Crippen LogP contribution in [-0.4, -0.2) is 48.0 Å². The number of fused-ring (bicyclic) bond motifs is 1. The number of aryl methyl sites for hydroxylation is 1. The van der Waals surface area contributed by atoms with Crippen LogP contribution in [0.5, 0.6) is 0 Å². The summed E-state index contributed by atoms with van der Waals surface area (Å²) in [6.45, 7) is 2.32. The van der Waals surface area contributed by atoms with Crippen molar-refractivity contribution < 1.29 is 4.79 Å². The molecule has 3 N–H and O–H groups in total. The van der Waals surface area contributed by atoms with E-state index in [4.69, 9.17) is 5.73 Å². The Morgan fingerprint density at radius 1 is 1.32 bits per heavy atom. The predicted molar refractivity (Wildman–Crippen MR) is 92.0 cm³/mol. The Hall–Kier alpha value is -1.04. The molecular weight excluding hydrogens is 294 g/mol. The molecule has 0 aromatic heterocycles. The topological polar surface area (TPSA) is 58.4 Å². The number of carbonyl (C=O) groups excluding carboxylic acids is 1. The van der Waals surface area contributed by atoms with E-state index in [1.165, 1.54) is 23.3 Å². The largest absolute Gasteiger partial charge is 0.369 e. The van der Waals surface area contributed by atoms with Gasteiger partial charge in [-0.05, 0) is 36.1 Å². The van der Waals surface area contributed by atoms with E-state index in [0.717, 1.165) is 31.7 Å². The minimum absolute atomic E-state index is 0.222. The normalized spacial score (nSPS) is 23.7.